The van der Waals surface area contributed by atoms with Crippen molar-refractivity contribution in [3.05, 3.63) is 64.1 Å². The van der Waals surface area contributed by atoms with Crippen LogP contribution in [0.5, 0.6) is 0 Å². The third kappa shape index (κ3) is 5.19. The lowest BCUT2D eigenvalue weighted by atomic mass is 10.1. The summed E-state index contributed by atoms with van der Waals surface area (Å²) in [6.07, 6.45) is 0.997. The van der Waals surface area contributed by atoms with Crippen molar-refractivity contribution in [3.63, 3.8) is 0 Å². The molecule has 23 heavy (non-hydrogen) atoms. The summed E-state index contributed by atoms with van der Waals surface area (Å²) in [6, 6.07) is 15.9. The number of hydrogen-bond acceptors (Lipinski definition) is 2. The Morgan fingerprint density at radius 1 is 1.04 bits per heavy atom. The molecular formula is C19H23BrN2O. The summed E-state index contributed by atoms with van der Waals surface area (Å²) in [5.74, 6) is -0.0294. The van der Waals surface area contributed by atoms with Crippen molar-refractivity contribution in [3.8, 4) is 0 Å². The normalized spacial score (nSPS) is 13.4. The fourth-order valence-corrected chi connectivity index (χ4v) is 2.64. The van der Waals surface area contributed by atoms with Crippen LogP contribution >= 0.6 is 15.9 Å². The maximum absolute atomic E-state index is 12.3. The standard InChI is InChI=1S/C19H23BrN2O/c1-4-15-5-11-18(12-6-15)22-19(23)14(3)21-13(2)16-7-9-17(20)10-8-16/h5-14,21H,4H2,1-3H3,(H,22,23)/t13-,14-/m1/s1. The molecule has 0 radical (unpaired) electrons. The second-order valence-electron chi connectivity index (χ2n) is 5.70. The molecule has 3 nitrogen and oxygen atoms in total. The molecule has 2 aromatic rings. The summed E-state index contributed by atoms with van der Waals surface area (Å²) in [5, 5.41) is 6.28. The van der Waals surface area contributed by atoms with Crippen LogP contribution in [0.3, 0.4) is 0 Å². The van der Waals surface area contributed by atoms with E-state index < -0.39 is 0 Å². The van der Waals surface area contributed by atoms with E-state index in [0.29, 0.717) is 0 Å². The Morgan fingerprint density at radius 2 is 1.65 bits per heavy atom. The lowest BCUT2D eigenvalue weighted by Crippen LogP contribution is -2.39. The third-order valence-electron chi connectivity index (χ3n) is 3.89. The van der Waals surface area contributed by atoms with Gasteiger partial charge in [0, 0.05) is 16.2 Å². The highest BCUT2D eigenvalue weighted by Gasteiger charge is 2.16. The highest BCUT2D eigenvalue weighted by molar-refractivity contribution is 9.10. The summed E-state index contributed by atoms with van der Waals surface area (Å²) in [4.78, 5) is 12.3. The average molecular weight is 375 g/mol. The highest BCUT2D eigenvalue weighted by Crippen LogP contribution is 2.17. The molecule has 0 spiro atoms. The molecule has 2 aromatic carbocycles. The quantitative estimate of drug-likeness (QED) is 0.769. The molecule has 0 fully saturated rings. The lowest BCUT2D eigenvalue weighted by Gasteiger charge is -2.20. The smallest absolute Gasteiger partial charge is 0.241 e. The zero-order valence-corrected chi connectivity index (χ0v) is 15.4. The van der Waals surface area contributed by atoms with Crippen LogP contribution in [0.4, 0.5) is 5.69 Å². The van der Waals surface area contributed by atoms with Gasteiger partial charge in [0.2, 0.25) is 5.91 Å². The number of aryl methyl sites for hydroxylation is 1. The maximum Gasteiger partial charge on any atom is 0.241 e. The number of anilines is 1. The number of rotatable bonds is 6. The largest absolute Gasteiger partial charge is 0.325 e. The second kappa shape index (κ2) is 8.27. The summed E-state index contributed by atoms with van der Waals surface area (Å²) in [7, 11) is 0. The zero-order valence-electron chi connectivity index (χ0n) is 13.8. The molecule has 0 saturated carbocycles. The second-order valence-corrected chi connectivity index (χ2v) is 6.62. The molecular weight excluding hydrogens is 352 g/mol. The monoisotopic (exact) mass is 374 g/mol. The molecule has 0 heterocycles. The first-order valence-electron chi connectivity index (χ1n) is 7.91. The Kier molecular flexibility index (Phi) is 6.37. The zero-order chi connectivity index (χ0) is 16.8. The Bertz CT molecular complexity index is 637. The van der Waals surface area contributed by atoms with Crippen LogP contribution in [0, 0.1) is 0 Å². The average Bonchev–Trinajstić information content (AvgIpc) is 2.56. The van der Waals surface area contributed by atoms with E-state index in [-0.39, 0.29) is 18.0 Å². The number of amides is 1. The molecule has 0 unspecified atom stereocenters. The summed E-state index contributed by atoms with van der Waals surface area (Å²) in [5.41, 5.74) is 3.25. The molecule has 0 aliphatic heterocycles. The number of hydrogen-bond donors (Lipinski definition) is 2. The van der Waals surface area contributed by atoms with Gasteiger partial charge < -0.3 is 5.32 Å². The van der Waals surface area contributed by atoms with Gasteiger partial charge in [-0.1, -0.05) is 47.1 Å². The van der Waals surface area contributed by atoms with E-state index in [1.54, 1.807) is 0 Å². The SMILES string of the molecule is CCc1ccc(NC(=O)[C@@H](C)N[C@H](C)c2ccc(Br)cc2)cc1. The summed E-state index contributed by atoms with van der Waals surface area (Å²) >= 11 is 3.43. The van der Waals surface area contributed by atoms with E-state index in [1.165, 1.54) is 5.56 Å². The van der Waals surface area contributed by atoms with Crippen LogP contribution in [0.25, 0.3) is 0 Å². The van der Waals surface area contributed by atoms with E-state index in [2.05, 4.69) is 52.5 Å². The molecule has 0 aliphatic rings. The third-order valence-corrected chi connectivity index (χ3v) is 4.42. The number of halogens is 1. The van der Waals surface area contributed by atoms with Crippen LogP contribution in [0.2, 0.25) is 0 Å². The van der Waals surface area contributed by atoms with Crippen molar-refractivity contribution in [1.82, 2.24) is 5.32 Å². The van der Waals surface area contributed by atoms with Gasteiger partial charge in [0.05, 0.1) is 6.04 Å². The Morgan fingerprint density at radius 3 is 2.22 bits per heavy atom. The molecule has 0 aliphatic carbocycles. The van der Waals surface area contributed by atoms with Crippen molar-refractivity contribution >= 4 is 27.5 Å². The van der Waals surface area contributed by atoms with Gasteiger partial charge in [0.25, 0.3) is 0 Å². The first kappa shape index (κ1) is 17.7. The Balaban J connectivity index is 1.92. The minimum absolute atomic E-state index is 0.0294. The first-order chi connectivity index (χ1) is 11.0. The van der Waals surface area contributed by atoms with Gasteiger partial charge in [0.1, 0.15) is 0 Å². The van der Waals surface area contributed by atoms with Crippen molar-refractivity contribution < 1.29 is 4.79 Å². The van der Waals surface area contributed by atoms with Crippen molar-refractivity contribution in [2.75, 3.05) is 5.32 Å². The Labute approximate surface area is 146 Å². The molecule has 1 amide bonds. The number of carbonyl (C=O) groups is 1. The van der Waals surface area contributed by atoms with E-state index >= 15 is 0 Å². The molecule has 2 N–H and O–H groups in total. The van der Waals surface area contributed by atoms with Gasteiger partial charge in [0.15, 0.2) is 0 Å². The molecule has 0 aromatic heterocycles. The van der Waals surface area contributed by atoms with Gasteiger partial charge in [-0.25, -0.2) is 0 Å². The van der Waals surface area contributed by atoms with Crippen LogP contribution in [-0.4, -0.2) is 11.9 Å². The van der Waals surface area contributed by atoms with Crippen LogP contribution < -0.4 is 10.6 Å². The number of nitrogens with one attached hydrogen (secondary N) is 2. The predicted octanol–water partition coefficient (Wildman–Crippen LogP) is 4.69. The van der Waals surface area contributed by atoms with Gasteiger partial charge in [-0.05, 0) is 55.7 Å². The molecule has 0 saturated heterocycles. The van der Waals surface area contributed by atoms with Gasteiger partial charge in [-0.15, -0.1) is 0 Å². The number of carbonyl (C=O) groups excluding carboxylic acids is 1. The molecule has 2 atom stereocenters. The molecule has 122 valence electrons. The van der Waals surface area contributed by atoms with Crippen molar-refractivity contribution in [2.45, 2.75) is 39.3 Å². The minimum atomic E-state index is -0.278. The summed E-state index contributed by atoms with van der Waals surface area (Å²) < 4.78 is 1.05. The van der Waals surface area contributed by atoms with Gasteiger partial charge in [-0.3, -0.25) is 10.1 Å². The van der Waals surface area contributed by atoms with E-state index in [4.69, 9.17) is 0 Å². The van der Waals surface area contributed by atoms with Crippen LogP contribution in [0.15, 0.2) is 53.0 Å². The van der Waals surface area contributed by atoms with Crippen molar-refractivity contribution in [1.29, 1.82) is 0 Å². The number of benzene rings is 2. The topological polar surface area (TPSA) is 41.1 Å². The molecule has 4 heteroatoms. The molecule has 0 bridgehead atoms. The van der Waals surface area contributed by atoms with Crippen LogP contribution in [-0.2, 0) is 11.2 Å². The lowest BCUT2D eigenvalue weighted by molar-refractivity contribution is -0.117. The van der Waals surface area contributed by atoms with Crippen LogP contribution in [0.1, 0.15) is 37.9 Å². The highest BCUT2D eigenvalue weighted by atomic mass is 79.9. The predicted molar refractivity (Wildman–Crippen MR) is 99.6 cm³/mol. The minimum Gasteiger partial charge on any atom is -0.325 e. The Hall–Kier alpha value is -1.65. The summed E-state index contributed by atoms with van der Waals surface area (Å²) in [6.45, 7) is 6.05. The van der Waals surface area contributed by atoms with Crippen molar-refractivity contribution in [2.24, 2.45) is 0 Å². The maximum atomic E-state index is 12.3. The van der Waals surface area contributed by atoms with E-state index in [0.717, 1.165) is 22.1 Å². The first-order valence-corrected chi connectivity index (χ1v) is 8.70. The van der Waals surface area contributed by atoms with Gasteiger partial charge >= 0.3 is 0 Å². The van der Waals surface area contributed by atoms with E-state index in [1.807, 2.05) is 43.3 Å². The fraction of sp³-hybridized carbons (Fsp3) is 0.316. The fourth-order valence-electron chi connectivity index (χ4n) is 2.37. The van der Waals surface area contributed by atoms with E-state index in [9.17, 15) is 4.79 Å². The molecule has 2 rings (SSSR count). The van der Waals surface area contributed by atoms with Gasteiger partial charge in [-0.2, -0.15) is 0 Å².